The monoisotopic (exact) mass is 519 g/mol. The summed E-state index contributed by atoms with van der Waals surface area (Å²) in [5, 5.41) is 0. The van der Waals surface area contributed by atoms with E-state index in [0.717, 1.165) is 28.9 Å². The summed E-state index contributed by atoms with van der Waals surface area (Å²) in [7, 11) is 0. The summed E-state index contributed by atoms with van der Waals surface area (Å²) in [6.45, 7) is 11.7. The number of nitrogens with zero attached hydrogens (tertiary/aromatic N) is 3. The van der Waals surface area contributed by atoms with Crippen LogP contribution in [0.25, 0.3) is 0 Å². The first-order valence-corrected chi connectivity index (χ1v) is 12.8. The van der Waals surface area contributed by atoms with E-state index in [1.165, 1.54) is 0 Å². The molecule has 3 rings (SSSR count). The van der Waals surface area contributed by atoms with Crippen molar-refractivity contribution in [2.45, 2.75) is 78.0 Å². The van der Waals surface area contributed by atoms with Crippen LogP contribution in [-0.2, 0) is 16.0 Å². The van der Waals surface area contributed by atoms with Crippen LogP contribution >= 0.6 is 0 Å². The van der Waals surface area contributed by atoms with Gasteiger partial charge in [-0.2, -0.15) is 0 Å². The first-order valence-electron chi connectivity index (χ1n) is 12.8. The van der Waals surface area contributed by atoms with Gasteiger partial charge in [0.15, 0.2) is 0 Å². The molecule has 8 nitrogen and oxygen atoms in total. The lowest BCUT2D eigenvalue weighted by molar-refractivity contribution is -0.000273. The molecule has 38 heavy (non-hydrogen) atoms. The van der Waals surface area contributed by atoms with Crippen molar-refractivity contribution in [2.24, 2.45) is 0 Å². The van der Waals surface area contributed by atoms with Gasteiger partial charge in [-0.1, -0.05) is 24.3 Å². The molecule has 1 aliphatic rings. The molecule has 0 unspecified atom stereocenters. The standard InChI is InChI=1S/C30H37N3O5/c1-8-25-24(13-10-16-31-25)26(34)32-17-14-22(15-18-32)23-12-9-11-21(19-23)20-33(27(35)37-29(2,3)4)28(36)38-30(5,6)7/h1,9-13,16,19,22H,14-15,17-18,20H2,2-7H3. The number of imide groups is 1. The van der Waals surface area contributed by atoms with Gasteiger partial charge >= 0.3 is 12.2 Å². The summed E-state index contributed by atoms with van der Waals surface area (Å²) in [5.41, 5.74) is 1.15. The first kappa shape index (κ1) is 28.7. The molecule has 2 heterocycles. The predicted molar refractivity (Wildman–Crippen MR) is 145 cm³/mol. The van der Waals surface area contributed by atoms with Gasteiger partial charge in [0.05, 0.1) is 12.1 Å². The molecule has 0 saturated carbocycles. The van der Waals surface area contributed by atoms with Crippen molar-refractivity contribution in [3.05, 3.63) is 65.0 Å². The largest absolute Gasteiger partial charge is 0.443 e. The van der Waals surface area contributed by atoms with Gasteiger partial charge in [0.2, 0.25) is 0 Å². The van der Waals surface area contributed by atoms with Gasteiger partial charge in [0.25, 0.3) is 5.91 Å². The summed E-state index contributed by atoms with van der Waals surface area (Å²) in [6, 6.07) is 11.2. The highest BCUT2D eigenvalue weighted by atomic mass is 16.6. The van der Waals surface area contributed by atoms with E-state index in [1.54, 1.807) is 59.9 Å². The fraction of sp³-hybridized carbons (Fsp3) is 0.467. The molecule has 0 spiro atoms. The zero-order valence-electron chi connectivity index (χ0n) is 23.1. The Kier molecular flexibility index (Phi) is 8.82. The average molecular weight is 520 g/mol. The SMILES string of the molecule is C#Cc1ncccc1C(=O)N1CCC(c2cccc(CN(C(=O)OC(C)(C)C)C(=O)OC(C)(C)C)c2)CC1. The van der Waals surface area contributed by atoms with Crippen molar-refractivity contribution in [2.75, 3.05) is 13.1 Å². The maximum absolute atomic E-state index is 13.0. The number of likely N-dealkylation sites (tertiary alicyclic amines) is 1. The normalized spacial score (nSPS) is 14.4. The zero-order chi connectivity index (χ0) is 28.1. The molecule has 0 radical (unpaired) electrons. The highest BCUT2D eigenvalue weighted by Crippen LogP contribution is 2.30. The van der Waals surface area contributed by atoms with E-state index in [1.807, 2.05) is 29.2 Å². The molecule has 0 N–H and O–H groups in total. The zero-order valence-corrected chi connectivity index (χ0v) is 23.1. The molecule has 1 aromatic carbocycles. The Hall–Kier alpha value is -3.86. The molecule has 0 bridgehead atoms. The van der Waals surface area contributed by atoms with E-state index in [0.29, 0.717) is 24.3 Å². The van der Waals surface area contributed by atoms with Gasteiger partial charge in [-0.25, -0.2) is 19.5 Å². The van der Waals surface area contributed by atoms with Crippen molar-refractivity contribution in [1.29, 1.82) is 0 Å². The Bertz CT molecular complexity index is 1180. The fourth-order valence-electron chi connectivity index (χ4n) is 4.24. The molecular weight excluding hydrogens is 482 g/mol. The maximum atomic E-state index is 13.0. The predicted octanol–water partition coefficient (Wildman–Crippen LogP) is 5.75. The van der Waals surface area contributed by atoms with Gasteiger partial charge < -0.3 is 14.4 Å². The molecule has 0 atom stereocenters. The van der Waals surface area contributed by atoms with Gasteiger partial charge in [-0.15, -0.1) is 6.42 Å². The third kappa shape index (κ3) is 7.82. The second-order valence-electron chi connectivity index (χ2n) is 11.4. The number of carbonyl (C=O) groups excluding carboxylic acids is 3. The number of benzene rings is 1. The minimum absolute atomic E-state index is 0.0187. The van der Waals surface area contributed by atoms with E-state index >= 15 is 0 Å². The quantitative estimate of drug-likeness (QED) is 0.478. The molecule has 8 heteroatoms. The highest BCUT2D eigenvalue weighted by molar-refractivity contribution is 5.96. The molecule has 1 aliphatic heterocycles. The van der Waals surface area contributed by atoms with Crippen LogP contribution in [0.15, 0.2) is 42.6 Å². The van der Waals surface area contributed by atoms with Gasteiger partial charge in [-0.3, -0.25) is 4.79 Å². The number of ether oxygens (including phenoxy) is 2. The van der Waals surface area contributed by atoms with E-state index in [-0.39, 0.29) is 18.4 Å². The molecule has 2 aromatic rings. The van der Waals surface area contributed by atoms with Crippen LogP contribution in [0, 0.1) is 12.3 Å². The summed E-state index contributed by atoms with van der Waals surface area (Å²) < 4.78 is 10.9. The minimum Gasteiger partial charge on any atom is -0.443 e. The Morgan fingerprint density at radius 2 is 1.61 bits per heavy atom. The van der Waals surface area contributed by atoms with Crippen LogP contribution in [0.2, 0.25) is 0 Å². The number of hydrogen-bond acceptors (Lipinski definition) is 6. The summed E-state index contributed by atoms with van der Waals surface area (Å²) >= 11 is 0. The third-order valence-electron chi connectivity index (χ3n) is 5.95. The number of carbonyl (C=O) groups is 3. The number of piperidine rings is 1. The Morgan fingerprint density at radius 1 is 1.00 bits per heavy atom. The number of terminal acetylenes is 1. The smallest absolute Gasteiger partial charge is 0.420 e. The molecule has 0 aliphatic carbocycles. The Morgan fingerprint density at radius 3 is 2.16 bits per heavy atom. The van der Waals surface area contributed by atoms with Crippen LogP contribution in [0.3, 0.4) is 0 Å². The Labute approximate surface area is 225 Å². The number of amides is 3. The molecule has 1 aromatic heterocycles. The van der Waals surface area contributed by atoms with E-state index < -0.39 is 23.4 Å². The summed E-state index contributed by atoms with van der Waals surface area (Å²) in [5.74, 6) is 2.61. The molecular formula is C30H37N3O5. The van der Waals surface area contributed by atoms with Crippen LogP contribution in [0.4, 0.5) is 9.59 Å². The van der Waals surface area contributed by atoms with Crippen LogP contribution in [0.1, 0.15) is 87.5 Å². The summed E-state index contributed by atoms with van der Waals surface area (Å²) in [4.78, 5) is 45.7. The molecule has 3 amide bonds. The lowest BCUT2D eigenvalue weighted by atomic mass is 9.88. The van der Waals surface area contributed by atoms with E-state index in [4.69, 9.17) is 15.9 Å². The fourth-order valence-corrected chi connectivity index (χ4v) is 4.24. The van der Waals surface area contributed by atoms with E-state index in [9.17, 15) is 14.4 Å². The Balaban J connectivity index is 1.72. The molecule has 1 saturated heterocycles. The van der Waals surface area contributed by atoms with Crippen molar-refractivity contribution < 1.29 is 23.9 Å². The van der Waals surface area contributed by atoms with Crippen LogP contribution in [0.5, 0.6) is 0 Å². The number of pyridine rings is 1. The molecule has 202 valence electrons. The summed E-state index contributed by atoms with van der Waals surface area (Å²) in [6.07, 6.45) is 7.14. The van der Waals surface area contributed by atoms with Crippen molar-refractivity contribution in [1.82, 2.24) is 14.8 Å². The lowest BCUT2D eigenvalue weighted by Crippen LogP contribution is -2.43. The minimum atomic E-state index is -0.763. The maximum Gasteiger partial charge on any atom is 0.420 e. The number of rotatable bonds is 4. The van der Waals surface area contributed by atoms with Gasteiger partial charge in [0, 0.05) is 19.3 Å². The second-order valence-corrected chi connectivity index (χ2v) is 11.4. The van der Waals surface area contributed by atoms with Gasteiger partial charge in [0.1, 0.15) is 16.9 Å². The van der Waals surface area contributed by atoms with E-state index in [2.05, 4.69) is 10.9 Å². The van der Waals surface area contributed by atoms with Crippen LogP contribution < -0.4 is 0 Å². The third-order valence-corrected chi connectivity index (χ3v) is 5.95. The van der Waals surface area contributed by atoms with Gasteiger partial charge in [-0.05, 0) is 89.5 Å². The highest BCUT2D eigenvalue weighted by Gasteiger charge is 2.32. The number of hydrogen-bond donors (Lipinski definition) is 0. The van der Waals surface area contributed by atoms with Crippen molar-refractivity contribution in [3.63, 3.8) is 0 Å². The molecule has 1 fully saturated rings. The van der Waals surface area contributed by atoms with Crippen molar-refractivity contribution in [3.8, 4) is 12.3 Å². The first-order chi connectivity index (χ1) is 17.8. The number of aromatic nitrogens is 1. The van der Waals surface area contributed by atoms with Crippen molar-refractivity contribution >= 4 is 18.1 Å². The lowest BCUT2D eigenvalue weighted by Gasteiger charge is -2.33. The van der Waals surface area contributed by atoms with Crippen LogP contribution in [-0.4, -0.2) is 57.2 Å². The average Bonchev–Trinajstić information content (AvgIpc) is 2.85. The topological polar surface area (TPSA) is 89.0 Å². The second kappa shape index (κ2) is 11.7.